The van der Waals surface area contributed by atoms with Gasteiger partial charge in [0.25, 0.3) is 0 Å². The lowest BCUT2D eigenvalue weighted by atomic mass is 9.85. The molecule has 3 rings (SSSR count). The van der Waals surface area contributed by atoms with Crippen LogP contribution < -0.4 is 5.32 Å². The Bertz CT molecular complexity index is 648. The van der Waals surface area contributed by atoms with Crippen LogP contribution in [0.2, 0.25) is 0 Å². The van der Waals surface area contributed by atoms with Gasteiger partial charge in [-0.25, -0.2) is 9.78 Å². The molecule has 122 valence electrons. The van der Waals surface area contributed by atoms with Crippen molar-refractivity contribution in [3.63, 3.8) is 0 Å². The first-order valence-electron chi connectivity index (χ1n) is 8.19. The first-order chi connectivity index (χ1) is 11.1. The third-order valence-electron chi connectivity index (χ3n) is 4.62. The van der Waals surface area contributed by atoms with Crippen molar-refractivity contribution in [1.82, 2.24) is 19.8 Å². The van der Waals surface area contributed by atoms with Crippen molar-refractivity contribution in [3.05, 3.63) is 54.1 Å². The summed E-state index contributed by atoms with van der Waals surface area (Å²) in [5.41, 5.74) is 1.03. The second kappa shape index (κ2) is 6.86. The van der Waals surface area contributed by atoms with E-state index >= 15 is 0 Å². The Labute approximate surface area is 137 Å². The molecule has 1 aliphatic rings. The number of carbonyl (C=O) groups is 1. The molecule has 0 unspecified atom stereocenters. The fraction of sp³-hybridized carbons (Fsp3) is 0.444. The number of hydrogen-bond donors (Lipinski definition) is 1. The van der Waals surface area contributed by atoms with E-state index in [2.05, 4.69) is 10.3 Å². The highest BCUT2D eigenvalue weighted by Gasteiger charge is 2.25. The molecule has 2 aromatic rings. The summed E-state index contributed by atoms with van der Waals surface area (Å²) in [6.45, 7) is 0.827. The van der Waals surface area contributed by atoms with Gasteiger partial charge in [0.1, 0.15) is 11.9 Å². The van der Waals surface area contributed by atoms with Crippen molar-refractivity contribution in [1.29, 1.82) is 0 Å². The first-order valence-corrected chi connectivity index (χ1v) is 8.19. The van der Waals surface area contributed by atoms with Crippen molar-refractivity contribution >= 4 is 6.03 Å². The number of carbonyl (C=O) groups excluding carboxylic acids is 1. The van der Waals surface area contributed by atoms with E-state index < -0.39 is 0 Å². The normalized spacial score (nSPS) is 15.7. The maximum absolute atomic E-state index is 12.6. The molecule has 1 N–H and O–H groups in total. The minimum atomic E-state index is -0.243. The van der Waals surface area contributed by atoms with Crippen LogP contribution in [0.15, 0.2) is 42.7 Å². The fourth-order valence-corrected chi connectivity index (χ4v) is 2.98. The average molecular weight is 312 g/mol. The van der Waals surface area contributed by atoms with Crippen molar-refractivity contribution in [2.75, 3.05) is 13.6 Å². The van der Waals surface area contributed by atoms with Crippen molar-refractivity contribution in [2.24, 2.45) is 13.0 Å². The van der Waals surface area contributed by atoms with Gasteiger partial charge in [0.15, 0.2) is 0 Å². The molecule has 0 spiro atoms. The Morgan fingerprint density at radius 3 is 2.70 bits per heavy atom. The van der Waals surface area contributed by atoms with Crippen molar-refractivity contribution in [3.8, 4) is 0 Å². The molecule has 5 heteroatoms. The maximum atomic E-state index is 12.6. The van der Waals surface area contributed by atoms with Gasteiger partial charge in [0.2, 0.25) is 0 Å². The van der Waals surface area contributed by atoms with Crippen LogP contribution in [0.1, 0.15) is 36.7 Å². The second-order valence-corrected chi connectivity index (χ2v) is 6.37. The molecular formula is C18H24N4O. The molecule has 1 aliphatic carbocycles. The molecule has 1 atom stereocenters. The van der Waals surface area contributed by atoms with Crippen LogP contribution >= 0.6 is 0 Å². The zero-order valence-electron chi connectivity index (χ0n) is 13.8. The number of imidazole rings is 1. The van der Waals surface area contributed by atoms with Gasteiger partial charge in [-0.05, 0) is 24.3 Å². The van der Waals surface area contributed by atoms with Crippen LogP contribution in [0.5, 0.6) is 0 Å². The summed E-state index contributed by atoms with van der Waals surface area (Å²) in [5, 5.41) is 3.13. The topological polar surface area (TPSA) is 50.2 Å². The van der Waals surface area contributed by atoms with Crippen molar-refractivity contribution < 1.29 is 4.79 Å². The van der Waals surface area contributed by atoms with Gasteiger partial charge in [0.05, 0.1) is 0 Å². The number of urea groups is 1. The van der Waals surface area contributed by atoms with E-state index in [1.807, 2.05) is 55.2 Å². The summed E-state index contributed by atoms with van der Waals surface area (Å²) >= 11 is 0. The number of nitrogens with one attached hydrogen (secondary N) is 1. The SMILES string of the molecule is CN(CC1CCC1)C(=O)N[C@@H](c1ccccc1)c1nccn1C. The van der Waals surface area contributed by atoms with Crippen molar-refractivity contribution in [2.45, 2.75) is 25.3 Å². The average Bonchev–Trinajstić information content (AvgIpc) is 2.94. The number of aromatic nitrogens is 2. The molecular weight excluding hydrogens is 288 g/mol. The quantitative estimate of drug-likeness (QED) is 0.923. The Morgan fingerprint density at radius 2 is 2.13 bits per heavy atom. The molecule has 0 bridgehead atoms. The molecule has 1 aromatic heterocycles. The highest BCUT2D eigenvalue weighted by molar-refractivity contribution is 5.74. The summed E-state index contributed by atoms with van der Waals surface area (Å²) in [6, 6.07) is 9.69. The Morgan fingerprint density at radius 1 is 1.39 bits per heavy atom. The molecule has 0 radical (unpaired) electrons. The summed E-state index contributed by atoms with van der Waals surface area (Å²) in [7, 11) is 3.82. The summed E-state index contributed by atoms with van der Waals surface area (Å²) in [5.74, 6) is 1.50. The van der Waals surface area contributed by atoms with Crippen LogP contribution in [-0.2, 0) is 7.05 Å². The fourth-order valence-electron chi connectivity index (χ4n) is 2.98. The molecule has 5 nitrogen and oxygen atoms in total. The summed E-state index contributed by atoms with van der Waals surface area (Å²) < 4.78 is 1.95. The number of nitrogens with zero attached hydrogens (tertiary/aromatic N) is 3. The van der Waals surface area contributed by atoms with Crippen LogP contribution in [-0.4, -0.2) is 34.1 Å². The number of hydrogen-bond acceptors (Lipinski definition) is 2. The third kappa shape index (κ3) is 3.55. The van der Waals surface area contributed by atoms with Crippen LogP contribution in [0.3, 0.4) is 0 Å². The Kier molecular flexibility index (Phi) is 4.65. The second-order valence-electron chi connectivity index (χ2n) is 6.37. The van der Waals surface area contributed by atoms with Gasteiger partial charge in [0, 0.05) is 33.0 Å². The van der Waals surface area contributed by atoms with Crippen LogP contribution in [0, 0.1) is 5.92 Å². The van der Waals surface area contributed by atoms with E-state index in [0.717, 1.165) is 17.9 Å². The number of aryl methyl sites for hydroxylation is 1. The van der Waals surface area contributed by atoms with Gasteiger partial charge >= 0.3 is 6.03 Å². The minimum Gasteiger partial charge on any atom is -0.336 e. The minimum absolute atomic E-state index is 0.0475. The van der Waals surface area contributed by atoms with Crippen LogP contribution in [0.25, 0.3) is 0 Å². The van der Waals surface area contributed by atoms with E-state index in [9.17, 15) is 4.79 Å². The molecule has 0 aliphatic heterocycles. The zero-order valence-corrected chi connectivity index (χ0v) is 13.8. The third-order valence-corrected chi connectivity index (χ3v) is 4.62. The lowest BCUT2D eigenvalue weighted by molar-refractivity contribution is 0.180. The van der Waals surface area contributed by atoms with Gasteiger partial charge < -0.3 is 14.8 Å². The predicted molar refractivity (Wildman–Crippen MR) is 90.0 cm³/mol. The highest BCUT2D eigenvalue weighted by Crippen LogP contribution is 2.27. The van der Waals surface area contributed by atoms with E-state index in [0.29, 0.717) is 5.92 Å². The standard InChI is InChI=1S/C18H24N4O/c1-21-12-11-19-17(21)16(15-9-4-3-5-10-15)20-18(23)22(2)13-14-7-6-8-14/h3-5,9-12,14,16H,6-8,13H2,1-2H3,(H,20,23)/t16-/m0/s1. The number of rotatable bonds is 5. The van der Waals surface area contributed by atoms with Gasteiger partial charge in [-0.1, -0.05) is 36.8 Å². The molecule has 2 amide bonds. The van der Waals surface area contributed by atoms with E-state index in [-0.39, 0.29) is 12.1 Å². The largest absolute Gasteiger partial charge is 0.336 e. The summed E-state index contributed by atoms with van der Waals surface area (Å²) in [4.78, 5) is 18.8. The van der Waals surface area contributed by atoms with Crippen LogP contribution in [0.4, 0.5) is 4.79 Å². The first kappa shape index (κ1) is 15.6. The lowest BCUT2D eigenvalue weighted by Crippen LogP contribution is -2.43. The molecule has 1 saturated carbocycles. The molecule has 23 heavy (non-hydrogen) atoms. The Hall–Kier alpha value is -2.30. The van der Waals surface area contributed by atoms with Gasteiger partial charge in [-0.15, -0.1) is 0 Å². The maximum Gasteiger partial charge on any atom is 0.318 e. The van der Waals surface area contributed by atoms with Gasteiger partial charge in [-0.3, -0.25) is 0 Å². The molecule has 1 aromatic carbocycles. The van der Waals surface area contributed by atoms with E-state index in [1.54, 1.807) is 11.1 Å². The van der Waals surface area contributed by atoms with E-state index in [4.69, 9.17) is 0 Å². The lowest BCUT2D eigenvalue weighted by Gasteiger charge is -2.31. The van der Waals surface area contributed by atoms with E-state index in [1.165, 1.54) is 19.3 Å². The highest BCUT2D eigenvalue weighted by atomic mass is 16.2. The predicted octanol–water partition coefficient (Wildman–Crippen LogP) is 2.95. The number of benzene rings is 1. The number of amides is 2. The summed E-state index contributed by atoms with van der Waals surface area (Å²) in [6.07, 6.45) is 7.42. The Balaban J connectivity index is 1.76. The van der Waals surface area contributed by atoms with Gasteiger partial charge in [-0.2, -0.15) is 0 Å². The monoisotopic (exact) mass is 312 g/mol. The smallest absolute Gasteiger partial charge is 0.318 e. The molecule has 0 saturated heterocycles. The molecule has 1 heterocycles. The molecule has 1 fully saturated rings. The zero-order chi connectivity index (χ0) is 16.2.